The monoisotopic (exact) mass is 500 g/mol. The van der Waals surface area contributed by atoms with E-state index in [1.54, 1.807) is 4.57 Å². The number of anilines is 1. The number of aliphatic carboxylic acids is 1. The highest BCUT2D eigenvalue weighted by Crippen LogP contribution is 2.34. The third kappa shape index (κ3) is 5.78. The summed E-state index contributed by atoms with van der Waals surface area (Å²) in [6.07, 6.45) is 7.01. The van der Waals surface area contributed by atoms with E-state index in [4.69, 9.17) is 5.11 Å². The minimum Gasteiger partial charge on any atom is -0.480 e. The number of hydrogen-bond donors (Lipinski definition) is 2. The highest BCUT2D eigenvalue weighted by Gasteiger charge is 2.22. The number of carboxylic acid groups (broad SMARTS) is 1. The molecule has 2 fully saturated rings. The standard InChI is InChI=1S/C30H36N4O3/c1-2-29(35)34-27-8-6-7-26(31-24-13-17-33(18-14-24)21-30(36)37)25(27)19-28(34)23-11-9-22(10-12-23)20-32-15-4-3-5-16-32/h2,6-12,19,24,31H,1,3-5,13-18,20-21H2,(H,36,37). The molecule has 2 saturated heterocycles. The third-order valence-electron chi connectivity index (χ3n) is 7.65. The van der Waals surface area contributed by atoms with Crippen molar-refractivity contribution in [1.29, 1.82) is 0 Å². The van der Waals surface area contributed by atoms with Crippen LogP contribution in [0.5, 0.6) is 0 Å². The van der Waals surface area contributed by atoms with Crippen LogP contribution in [0.3, 0.4) is 0 Å². The summed E-state index contributed by atoms with van der Waals surface area (Å²) in [6.45, 7) is 8.64. The fourth-order valence-electron chi connectivity index (χ4n) is 5.70. The molecule has 2 aliphatic rings. The SMILES string of the molecule is C=CC(=O)n1c(-c2ccc(CN3CCCCC3)cc2)cc2c(NC3CCN(CC(=O)O)CC3)cccc21. The number of carbonyl (C=O) groups excluding carboxylic acids is 1. The van der Waals surface area contributed by atoms with Gasteiger partial charge >= 0.3 is 5.97 Å². The van der Waals surface area contributed by atoms with Crippen molar-refractivity contribution in [3.63, 3.8) is 0 Å². The molecule has 37 heavy (non-hydrogen) atoms. The average Bonchev–Trinajstić information content (AvgIpc) is 3.31. The zero-order valence-electron chi connectivity index (χ0n) is 21.4. The average molecular weight is 501 g/mol. The minimum absolute atomic E-state index is 0.0923. The largest absolute Gasteiger partial charge is 0.480 e. The Bertz CT molecular complexity index is 1270. The van der Waals surface area contributed by atoms with Gasteiger partial charge in [-0.15, -0.1) is 0 Å². The first-order chi connectivity index (χ1) is 18.0. The molecule has 0 unspecified atom stereocenters. The van der Waals surface area contributed by atoms with E-state index in [9.17, 15) is 9.59 Å². The number of aromatic nitrogens is 1. The predicted molar refractivity (Wildman–Crippen MR) is 148 cm³/mol. The van der Waals surface area contributed by atoms with Crippen LogP contribution in [-0.4, -0.2) is 70.1 Å². The van der Waals surface area contributed by atoms with E-state index < -0.39 is 5.97 Å². The van der Waals surface area contributed by atoms with Gasteiger partial charge in [-0.1, -0.05) is 43.3 Å². The Morgan fingerprint density at radius 3 is 2.38 bits per heavy atom. The smallest absolute Gasteiger partial charge is 0.317 e. The van der Waals surface area contributed by atoms with Crippen molar-refractivity contribution >= 4 is 28.5 Å². The Morgan fingerprint density at radius 2 is 1.70 bits per heavy atom. The molecular formula is C30H36N4O3. The second-order valence-corrected chi connectivity index (χ2v) is 10.3. The van der Waals surface area contributed by atoms with Crippen LogP contribution in [0.4, 0.5) is 5.69 Å². The van der Waals surface area contributed by atoms with Gasteiger partial charge in [0.2, 0.25) is 0 Å². The van der Waals surface area contributed by atoms with E-state index in [2.05, 4.69) is 53.2 Å². The lowest BCUT2D eigenvalue weighted by Crippen LogP contribution is -2.41. The fourth-order valence-corrected chi connectivity index (χ4v) is 5.70. The zero-order chi connectivity index (χ0) is 25.8. The van der Waals surface area contributed by atoms with Crippen molar-refractivity contribution in [3.8, 4) is 11.3 Å². The van der Waals surface area contributed by atoms with Gasteiger partial charge in [0, 0.05) is 36.7 Å². The Hall–Kier alpha value is -3.42. The molecule has 3 aromatic rings. The van der Waals surface area contributed by atoms with Crippen molar-refractivity contribution in [2.75, 3.05) is 38.0 Å². The Balaban J connectivity index is 1.40. The minimum atomic E-state index is -0.781. The molecular weight excluding hydrogens is 464 g/mol. The summed E-state index contributed by atoms with van der Waals surface area (Å²) < 4.78 is 1.75. The van der Waals surface area contributed by atoms with Gasteiger partial charge in [0.05, 0.1) is 17.8 Å². The molecule has 7 heteroatoms. The third-order valence-corrected chi connectivity index (χ3v) is 7.65. The van der Waals surface area contributed by atoms with Crippen LogP contribution in [0.25, 0.3) is 22.2 Å². The second-order valence-electron chi connectivity index (χ2n) is 10.3. The van der Waals surface area contributed by atoms with Gasteiger partial charge in [-0.2, -0.15) is 0 Å². The molecule has 3 heterocycles. The van der Waals surface area contributed by atoms with Gasteiger partial charge in [0.25, 0.3) is 5.91 Å². The van der Waals surface area contributed by atoms with E-state index in [0.717, 1.165) is 73.4 Å². The van der Waals surface area contributed by atoms with Gasteiger partial charge in [-0.05, 0) is 74.2 Å². The molecule has 0 amide bonds. The number of piperidine rings is 2. The maximum absolute atomic E-state index is 13.0. The van der Waals surface area contributed by atoms with Crippen LogP contribution in [0.2, 0.25) is 0 Å². The molecule has 0 saturated carbocycles. The summed E-state index contributed by atoms with van der Waals surface area (Å²) in [6, 6.07) is 16.9. The van der Waals surface area contributed by atoms with Crippen molar-refractivity contribution in [3.05, 3.63) is 66.7 Å². The van der Waals surface area contributed by atoms with Crippen LogP contribution in [0.1, 0.15) is 42.5 Å². The molecule has 194 valence electrons. The number of carboxylic acids is 1. The molecule has 2 aliphatic heterocycles. The summed E-state index contributed by atoms with van der Waals surface area (Å²) in [7, 11) is 0. The van der Waals surface area contributed by atoms with E-state index in [0.29, 0.717) is 0 Å². The van der Waals surface area contributed by atoms with E-state index >= 15 is 0 Å². The number of benzene rings is 2. The highest BCUT2D eigenvalue weighted by molar-refractivity contribution is 6.06. The number of rotatable bonds is 8. The van der Waals surface area contributed by atoms with Crippen molar-refractivity contribution < 1.29 is 14.7 Å². The molecule has 0 spiro atoms. The molecule has 0 atom stereocenters. The number of allylic oxidation sites excluding steroid dienone is 1. The quantitative estimate of drug-likeness (QED) is 0.420. The lowest BCUT2D eigenvalue weighted by Gasteiger charge is -2.31. The summed E-state index contributed by atoms with van der Waals surface area (Å²) >= 11 is 0. The molecule has 2 aromatic carbocycles. The molecule has 5 rings (SSSR count). The van der Waals surface area contributed by atoms with Crippen LogP contribution >= 0.6 is 0 Å². The van der Waals surface area contributed by atoms with E-state index in [1.165, 1.54) is 30.9 Å². The lowest BCUT2D eigenvalue weighted by atomic mass is 10.0. The molecule has 1 aromatic heterocycles. The van der Waals surface area contributed by atoms with Gasteiger partial charge in [0.1, 0.15) is 0 Å². The molecule has 0 radical (unpaired) electrons. The number of likely N-dealkylation sites (tertiary alicyclic amines) is 2. The Labute approximate surface area is 218 Å². The van der Waals surface area contributed by atoms with E-state index in [-0.39, 0.29) is 18.5 Å². The first-order valence-electron chi connectivity index (χ1n) is 13.4. The summed E-state index contributed by atoms with van der Waals surface area (Å²) in [5, 5.41) is 13.7. The topological polar surface area (TPSA) is 77.8 Å². The van der Waals surface area contributed by atoms with Crippen molar-refractivity contribution in [2.45, 2.75) is 44.7 Å². The first kappa shape index (κ1) is 25.2. The van der Waals surface area contributed by atoms with Crippen molar-refractivity contribution in [2.24, 2.45) is 0 Å². The second kappa shape index (κ2) is 11.3. The number of hydrogen-bond acceptors (Lipinski definition) is 5. The lowest BCUT2D eigenvalue weighted by molar-refractivity contribution is -0.138. The van der Waals surface area contributed by atoms with Gasteiger partial charge in [-0.25, -0.2) is 0 Å². The molecule has 2 N–H and O–H groups in total. The summed E-state index contributed by atoms with van der Waals surface area (Å²) in [4.78, 5) is 28.5. The van der Waals surface area contributed by atoms with Crippen LogP contribution in [-0.2, 0) is 11.3 Å². The van der Waals surface area contributed by atoms with Crippen LogP contribution in [0, 0.1) is 0 Å². The Kier molecular flexibility index (Phi) is 7.72. The fraction of sp³-hybridized carbons (Fsp3) is 0.400. The Morgan fingerprint density at radius 1 is 0.973 bits per heavy atom. The predicted octanol–water partition coefficient (Wildman–Crippen LogP) is 5.08. The highest BCUT2D eigenvalue weighted by atomic mass is 16.4. The zero-order valence-corrected chi connectivity index (χ0v) is 21.4. The summed E-state index contributed by atoms with van der Waals surface area (Å²) in [5.41, 5.74) is 5.00. The first-order valence-corrected chi connectivity index (χ1v) is 13.4. The van der Waals surface area contributed by atoms with Gasteiger partial charge < -0.3 is 10.4 Å². The molecule has 0 bridgehead atoms. The summed E-state index contributed by atoms with van der Waals surface area (Å²) in [5.74, 6) is -0.932. The number of carbonyl (C=O) groups is 2. The number of nitrogens with one attached hydrogen (secondary N) is 1. The maximum Gasteiger partial charge on any atom is 0.317 e. The maximum atomic E-state index is 13.0. The number of fused-ring (bicyclic) bond motifs is 1. The molecule has 7 nitrogen and oxygen atoms in total. The molecule has 0 aliphatic carbocycles. The van der Waals surface area contributed by atoms with Gasteiger partial charge in [0.15, 0.2) is 0 Å². The normalized spacial score (nSPS) is 17.6. The van der Waals surface area contributed by atoms with Gasteiger partial charge in [-0.3, -0.25) is 24.0 Å². The van der Waals surface area contributed by atoms with E-state index in [1.807, 2.05) is 17.0 Å². The van der Waals surface area contributed by atoms with Crippen LogP contribution in [0.15, 0.2) is 61.2 Å². The van der Waals surface area contributed by atoms with Crippen molar-refractivity contribution in [1.82, 2.24) is 14.4 Å². The van der Waals surface area contributed by atoms with Crippen LogP contribution < -0.4 is 5.32 Å². The number of nitrogens with zero attached hydrogens (tertiary/aromatic N) is 3.